The van der Waals surface area contributed by atoms with Gasteiger partial charge in [-0.15, -0.1) is 0 Å². The summed E-state index contributed by atoms with van der Waals surface area (Å²) in [4.78, 5) is 18.9. The third-order valence-corrected chi connectivity index (χ3v) is 3.92. The first-order chi connectivity index (χ1) is 9.36. The number of nitrogens with zero attached hydrogens (tertiary/aromatic N) is 2. The monoisotopic (exact) mass is 336 g/mol. The summed E-state index contributed by atoms with van der Waals surface area (Å²) >= 11 is 3.48. The lowest BCUT2D eigenvalue weighted by atomic mass is 10.1. The molecule has 0 bridgehead atoms. The largest absolute Gasteiger partial charge is 0.477 e. The summed E-state index contributed by atoms with van der Waals surface area (Å²) in [5.74, 6) is -0.534. The molecule has 0 radical (unpaired) electrons. The standard InChI is InChI=1S/C14H13BrN2O3/c1-7-4-10(5-8(2)12(7)15)20-14-16-9(3)6-11(17-14)13(18)19/h4-6H,1-3H3,(H,18,19). The molecule has 0 aliphatic rings. The van der Waals surface area contributed by atoms with Gasteiger partial charge in [0, 0.05) is 10.2 Å². The van der Waals surface area contributed by atoms with Gasteiger partial charge in [0.2, 0.25) is 0 Å². The highest BCUT2D eigenvalue weighted by atomic mass is 79.9. The fourth-order valence-corrected chi connectivity index (χ4v) is 2.00. The number of benzene rings is 1. The Morgan fingerprint density at radius 3 is 2.30 bits per heavy atom. The van der Waals surface area contributed by atoms with Crippen LogP contribution in [0.1, 0.15) is 27.3 Å². The molecule has 0 aliphatic carbocycles. The van der Waals surface area contributed by atoms with E-state index in [0.717, 1.165) is 15.6 Å². The van der Waals surface area contributed by atoms with Gasteiger partial charge in [0.25, 0.3) is 0 Å². The van der Waals surface area contributed by atoms with E-state index < -0.39 is 5.97 Å². The fourth-order valence-electron chi connectivity index (χ4n) is 1.77. The average molecular weight is 337 g/mol. The first-order valence-corrected chi connectivity index (χ1v) is 6.69. The molecule has 104 valence electrons. The van der Waals surface area contributed by atoms with Crippen LogP contribution < -0.4 is 4.74 Å². The van der Waals surface area contributed by atoms with Gasteiger partial charge in [0.15, 0.2) is 5.69 Å². The Balaban J connectivity index is 2.37. The summed E-state index contributed by atoms with van der Waals surface area (Å²) in [5.41, 5.74) is 2.49. The first kappa shape index (κ1) is 14.5. The van der Waals surface area contributed by atoms with Crippen molar-refractivity contribution >= 4 is 21.9 Å². The molecule has 2 rings (SSSR count). The molecule has 0 amide bonds. The molecule has 5 nitrogen and oxygen atoms in total. The fraction of sp³-hybridized carbons (Fsp3) is 0.214. The predicted octanol–water partition coefficient (Wildman–Crippen LogP) is 3.65. The molecule has 20 heavy (non-hydrogen) atoms. The topological polar surface area (TPSA) is 72.3 Å². The number of hydrogen-bond donors (Lipinski definition) is 1. The van der Waals surface area contributed by atoms with Gasteiger partial charge in [-0.1, -0.05) is 15.9 Å². The van der Waals surface area contributed by atoms with E-state index in [0.29, 0.717) is 11.4 Å². The lowest BCUT2D eigenvalue weighted by Gasteiger charge is -2.09. The van der Waals surface area contributed by atoms with Crippen LogP contribution in [0.2, 0.25) is 0 Å². The number of aromatic carboxylic acids is 1. The van der Waals surface area contributed by atoms with Crippen LogP contribution in [0.4, 0.5) is 0 Å². The highest BCUT2D eigenvalue weighted by Gasteiger charge is 2.11. The van der Waals surface area contributed by atoms with Gasteiger partial charge in [0.1, 0.15) is 5.75 Å². The van der Waals surface area contributed by atoms with Gasteiger partial charge >= 0.3 is 12.0 Å². The quantitative estimate of drug-likeness (QED) is 0.925. The molecule has 1 N–H and O–H groups in total. The second-order valence-electron chi connectivity index (χ2n) is 4.46. The van der Waals surface area contributed by atoms with Crippen LogP contribution in [0.3, 0.4) is 0 Å². The lowest BCUT2D eigenvalue weighted by Crippen LogP contribution is -2.04. The molecule has 0 saturated carbocycles. The molecule has 2 aromatic rings. The van der Waals surface area contributed by atoms with E-state index in [9.17, 15) is 4.79 Å². The van der Waals surface area contributed by atoms with Crippen LogP contribution in [-0.4, -0.2) is 21.0 Å². The number of carbonyl (C=O) groups is 1. The summed E-state index contributed by atoms with van der Waals surface area (Å²) in [6.45, 7) is 5.59. The Labute approximate surface area is 124 Å². The van der Waals surface area contributed by atoms with E-state index in [2.05, 4.69) is 25.9 Å². The van der Waals surface area contributed by atoms with Gasteiger partial charge in [-0.05, 0) is 50.1 Å². The molecule has 0 fully saturated rings. The summed E-state index contributed by atoms with van der Waals surface area (Å²) in [5, 5.41) is 8.97. The Kier molecular flexibility index (Phi) is 4.04. The van der Waals surface area contributed by atoms with E-state index >= 15 is 0 Å². The Morgan fingerprint density at radius 2 is 1.75 bits per heavy atom. The van der Waals surface area contributed by atoms with Gasteiger partial charge in [-0.3, -0.25) is 0 Å². The van der Waals surface area contributed by atoms with Crippen molar-refractivity contribution in [3.05, 3.63) is 45.2 Å². The van der Waals surface area contributed by atoms with Gasteiger partial charge in [-0.2, -0.15) is 4.98 Å². The van der Waals surface area contributed by atoms with E-state index in [1.807, 2.05) is 26.0 Å². The van der Waals surface area contributed by atoms with E-state index in [4.69, 9.17) is 9.84 Å². The molecule has 0 aliphatic heterocycles. The molecular weight excluding hydrogens is 324 g/mol. The third kappa shape index (κ3) is 3.14. The maximum Gasteiger partial charge on any atom is 0.354 e. The highest BCUT2D eigenvalue weighted by Crippen LogP contribution is 2.28. The van der Waals surface area contributed by atoms with E-state index in [-0.39, 0.29) is 11.7 Å². The zero-order chi connectivity index (χ0) is 14.9. The minimum atomic E-state index is -1.11. The Bertz CT molecular complexity index is 663. The Morgan fingerprint density at radius 1 is 1.15 bits per heavy atom. The predicted molar refractivity (Wildman–Crippen MR) is 77.4 cm³/mol. The summed E-state index contributed by atoms with van der Waals surface area (Å²) in [6, 6.07) is 5.10. The van der Waals surface area contributed by atoms with Gasteiger partial charge < -0.3 is 9.84 Å². The van der Waals surface area contributed by atoms with E-state index in [1.165, 1.54) is 6.07 Å². The molecule has 0 unspecified atom stereocenters. The van der Waals surface area contributed by atoms with Crippen molar-refractivity contribution in [3.8, 4) is 11.8 Å². The zero-order valence-corrected chi connectivity index (χ0v) is 12.9. The van der Waals surface area contributed by atoms with Crippen molar-refractivity contribution in [1.82, 2.24) is 9.97 Å². The van der Waals surface area contributed by atoms with Gasteiger partial charge in [-0.25, -0.2) is 9.78 Å². The number of rotatable bonds is 3. The SMILES string of the molecule is Cc1cc(C(=O)O)nc(Oc2cc(C)c(Br)c(C)c2)n1. The molecule has 0 saturated heterocycles. The summed E-state index contributed by atoms with van der Waals surface area (Å²) in [6.07, 6.45) is 0. The second-order valence-corrected chi connectivity index (χ2v) is 5.25. The minimum Gasteiger partial charge on any atom is -0.477 e. The van der Waals surface area contributed by atoms with Crippen molar-refractivity contribution in [2.24, 2.45) is 0 Å². The molecule has 1 aromatic carbocycles. The summed E-state index contributed by atoms with van der Waals surface area (Å²) < 4.78 is 6.58. The van der Waals surface area contributed by atoms with Crippen molar-refractivity contribution in [1.29, 1.82) is 0 Å². The van der Waals surface area contributed by atoms with Crippen LogP contribution >= 0.6 is 15.9 Å². The van der Waals surface area contributed by atoms with Crippen molar-refractivity contribution in [3.63, 3.8) is 0 Å². The lowest BCUT2D eigenvalue weighted by molar-refractivity contribution is 0.0689. The molecule has 6 heteroatoms. The number of aromatic nitrogens is 2. The average Bonchev–Trinajstić information content (AvgIpc) is 2.35. The van der Waals surface area contributed by atoms with E-state index in [1.54, 1.807) is 6.92 Å². The molecule has 0 atom stereocenters. The van der Waals surface area contributed by atoms with Crippen LogP contribution in [-0.2, 0) is 0 Å². The normalized spacial score (nSPS) is 10.4. The number of carboxylic acid groups (broad SMARTS) is 1. The molecule has 0 spiro atoms. The van der Waals surface area contributed by atoms with Gasteiger partial charge in [0.05, 0.1) is 0 Å². The number of halogens is 1. The second kappa shape index (κ2) is 5.58. The summed E-state index contributed by atoms with van der Waals surface area (Å²) in [7, 11) is 0. The number of aryl methyl sites for hydroxylation is 3. The molecular formula is C14H13BrN2O3. The van der Waals surface area contributed by atoms with Crippen LogP contribution in [0, 0.1) is 20.8 Å². The number of carboxylic acids is 1. The number of hydrogen-bond acceptors (Lipinski definition) is 4. The van der Waals surface area contributed by atoms with Crippen LogP contribution in [0.5, 0.6) is 11.8 Å². The van der Waals surface area contributed by atoms with Crippen LogP contribution in [0.25, 0.3) is 0 Å². The zero-order valence-electron chi connectivity index (χ0n) is 11.3. The maximum absolute atomic E-state index is 11.0. The minimum absolute atomic E-state index is 0.0310. The first-order valence-electron chi connectivity index (χ1n) is 5.90. The molecule has 1 aromatic heterocycles. The highest BCUT2D eigenvalue weighted by molar-refractivity contribution is 9.10. The van der Waals surface area contributed by atoms with Crippen molar-refractivity contribution in [2.45, 2.75) is 20.8 Å². The maximum atomic E-state index is 11.0. The molecule has 1 heterocycles. The smallest absolute Gasteiger partial charge is 0.354 e. The Hall–Kier alpha value is -1.95. The van der Waals surface area contributed by atoms with Crippen molar-refractivity contribution < 1.29 is 14.6 Å². The van der Waals surface area contributed by atoms with Crippen LogP contribution in [0.15, 0.2) is 22.7 Å². The van der Waals surface area contributed by atoms with Crippen molar-refractivity contribution in [2.75, 3.05) is 0 Å². The third-order valence-electron chi connectivity index (χ3n) is 2.67. The number of ether oxygens (including phenoxy) is 1.